The van der Waals surface area contributed by atoms with Crippen molar-refractivity contribution >= 4 is 23.3 Å². The number of rotatable bonds is 3. The maximum atomic E-state index is 12.5. The van der Waals surface area contributed by atoms with Crippen molar-refractivity contribution < 1.29 is 9.53 Å². The van der Waals surface area contributed by atoms with Gasteiger partial charge in [0.05, 0.1) is 24.2 Å². The minimum absolute atomic E-state index is 0.0211. The van der Waals surface area contributed by atoms with E-state index in [1.807, 2.05) is 55.2 Å². The van der Waals surface area contributed by atoms with Crippen LogP contribution in [0.4, 0.5) is 0 Å². The molecule has 1 amide bonds. The third-order valence-electron chi connectivity index (χ3n) is 3.92. The zero-order valence-corrected chi connectivity index (χ0v) is 14.1. The molecule has 1 aliphatic heterocycles. The number of hydrogen-bond donors (Lipinski definition) is 0. The number of carbonyl (C=O) groups excluding carboxylic acids is 1. The van der Waals surface area contributed by atoms with Gasteiger partial charge < -0.3 is 9.64 Å². The molecule has 0 saturated carbocycles. The first-order valence-corrected chi connectivity index (χ1v) is 8.53. The molecule has 1 aromatic heterocycles. The standard InChI is InChI=1S/C18H20N2O2S/c1-13-12-22-17(15-6-4-3-5-7-15)11-20(13)18(21)9-8-16-10-19-14(2)23-16/h3-10,13,17H,11-12H2,1-2H3/b9-8-/t13-,17+/m0/s1. The van der Waals surface area contributed by atoms with Gasteiger partial charge in [0, 0.05) is 17.2 Å². The second-order valence-electron chi connectivity index (χ2n) is 5.69. The first-order valence-electron chi connectivity index (χ1n) is 7.71. The molecule has 1 fully saturated rings. The van der Waals surface area contributed by atoms with Gasteiger partial charge in [0.2, 0.25) is 5.91 Å². The van der Waals surface area contributed by atoms with E-state index in [1.54, 1.807) is 23.6 Å². The Morgan fingerprint density at radius 3 is 2.87 bits per heavy atom. The van der Waals surface area contributed by atoms with E-state index in [4.69, 9.17) is 4.74 Å². The molecule has 120 valence electrons. The first kappa shape index (κ1) is 15.9. The highest BCUT2D eigenvalue weighted by Gasteiger charge is 2.29. The molecule has 2 heterocycles. The summed E-state index contributed by atoms with van der Waals surface area (Å²) in [6.45, 7) is 5.11. The van der Waals surface area contributed by atoms with E-state index in [0.717, 1.165) is 15.4 Å². The van der Waals surface area contributed by atoms with Gasteiger partial charge in [-0.3, -0.25) is 4.79 Å². The molecule has 0 unspecified atom stereocenters. The van der Waals surface area contributed by atoms with E-state index < -0.39 is 0 Å². The summed E-state index contributed by atoms with van der Waals surface area (Å²) in [6.07, 6.45) is 5.21. The Hall–Kier alpha value is -1.98. The highest BCUT2D eigenvalue weighted by atomic mass is 32.1. The van der Waals surface area contributed by atoms with Gasteiger partial charge in [-0.15, -0.1) is 11.3 Å². The number of thiazole rings is 1. The molecule has 5 heteroatoms. The van der Waals surface area contributed by atoms with Crippen molar-refractivity contribution in [3.05, 3.63) is 58.1 Å². The second-order valence-corrected chi connectivity index (χ2v) is 6.95. The molecular formula is C18H20N2O2S. The zero-order chi connectivity index (χ0) is 16.2. The third kappa shape index (κ3) is 3.86. The molecule has 0 bridgehead atoms. The molecule has 0 radical (unpaired) electrons. The number of morpholine rings is 1. The number of carbonyl (C=O) groups is 1. The molecule has 1 aromatic carbocycles. The van der Waals surface area contributed by atoms with E-state index in [2.05, 4.69) is 4.98 Å². The van der Waals surface area contributed by atoms with Gasteiger partial charge in [0.1, 0.15) is 6.10 Å². The smallest absolute Gasteiger partial charge is 0.247 e. The largest absolute Gasteiger partial charge is 0.370 e. The summed E-state index contributed by atoms with van der Waals surface area (Å²) in [6, 6.07) is 10.1. The minimum Gasteiger partial charge on any atom is -0.370 e. The molecule has 1 aliphatic rings. The molecule has 0 spiro atoms. The average molecular weight is 328 g/mol. The van der Waals surface area contributed by atoms with Gasteiger partial charge in [0.25, 0.3) is 0 Å². The summed E-state index contributed by atoms with van der Waals surface area (Å²) < 4.78 is 5.90. The maximum Gasteiger partial charge on any atom is 0.247 e. The van der Waals surface area contributed by atoms with Crippen LogP contribution in [-0.2, 0) is 9.53 Å². The monoisotopic (exact) mass is 328 g/mol. The van der Waals surface area contributed by atoms with Crippen LogP contribution >= 0.6 is 11.3 Å². The fourth-order valence-corrected chi connectivity index (χ4v) is 3.33. The van der Waals surface area contributed by atoms with Crippen LogP contribution < -0.4 is 0 Å². The Morgan fingerprint density at radius 2 is 2.17 bits per heavy atom. The second kappa shape index (κ2) is 7.06. The normalized spacial score (nSPS) is 21.7. The number of benzene rings is 1. The quantitative estimate of drug-likeness (QED) is 0.811. The molecular weight excluding hydrogens is 308 g/mol. The predicted molar refractivity (Wildman–Crippen MR) is 92.2 cm³/mol. The molecule has 2 atom stereocenters. The Morgan fingerprint density at radius 1 is 1.39 bits per heavy atom. The highest BCUT2D eigenvalue weighted by Crippen LogP contribution is 2.25. The summed E-state index contributed by atoms with van der Waals surface area (Å²) in [5.74, 6) is 0.0211. The molecule has 2 aromatic rings. The number of hydrogen-bond acceptors (Lipinski definition) is 4. The topological polar surface area (TPSA) is 42.4 Å². The SMILES string of the molecule is Cc1ncc(/C=C\C(=O)N2C[C@H](c3ccccc3)OC[C@@H]2C)s1. The van der Waals surface area contributed by atoms with E-state index in [0.29, 0.717) is 13.2 Å². The first-order chi connectivity index (χ1) is 11.1. The third-order valence-corrected chi connectivity index (χ3v) is 4.79. The van der Waals surface area contributed by atoms with Gasteiger partial charge >= 0.3 is 0 Å². The summed E-state index contributed by atoms with van der Waals surface area (Å²) in [4.78, 5) is 19.6. The molecule has 4 nitrogen and oxygen atoms in total. The molecule has 0 N–H and O–H groups in total. The lowest BCUT2D eigenvalue weighted by atomic mass is 10.1. The Balaban J connectivity index is 1.69. The highest BCUT2D eigenvalue weighted by molar-refractivity contribution is 7.12. The predicted octanol–water partition coefficient (Wildman–Crippen LogP) is 3.45. The van der Waals surface area contributed by atoms with Gasteiger partial charge in [-0.2, -0.15) is 0 Å². The number of amides is 1. The van der Waals surface area contributed by atoms with Crippen LogP contribution in [0.3, 0.4) is 0 Å². The molecule has 3 rings (SSSR count). The molecule has 0 aliphatic carbocycles. The number of aryl methyl sites for hydroxylation is 1. The van der Waals surface area contributed by atoms with Crippen molar-refractivity contribution in [1.82, 2.24) is 9.88 Å². The van der Waals surface area contributed by atoms with Crippen LogP contribution in [-0.4, -0.2) is 35.0 Å². The van der Waals surface area contributed by atoms with Crippen molar-refractivity contribution in [2.24, 2.45) is 0 Å². The van der Waals surface area contributed by atoms with Crippen LogP contribution in [0, 0.1) is 6.92 Å². The van der Waals surface area contributed by atoms with Crippen molar-refractivity contribution in [1.29, 1.82) is 0 Å². The Kier molecular flexibility index (Phi) is 4.88. The summed E-state index contributed by atoms with van der Waals surface area (Å²) >= 11 is 1.58. The molecule has 1 saturated heterocycles. The minimum atomic E-state index is -0.0598. The molecule has 23 heavy (non-hydrogen) atoms. The van der Waals surface area contributed by atoms with Crippen LogP contribution in [0.5, 0.6) is 0 Å². The fraction of sp³-hybridized carbons (Fsp3) is 0.333. The van der Waals surface area contributed by atoms with Crippen molar-refractivity contribution in [3.8, 4) is 0 Å². The number of ether oxygens (including phenoxy) is 1. The lowest BCUT2D eigenvalue weighted by molar-refractivity contribution is -0.139. The Bertz CT molecular complexity index is 696. The Labute approximate surface area is 140 Å². The summed E-state index contributed by atoms with van der Waals surface area (Å²) in [7, 11) is 0. The average Bonchev–Trinajstić information content (AvgIpc) is 2.99. The fourth-order valence-electron chi connectivity index (χ4n) is 2.64. The zero-order valence-electron chi connectivity index (χ0n) is 13.3. The van der Waals surface area contributed by atoms with Crippen molar-refractivity contribution in [2.75, 3.05) is 13.2 Å². The van der Waals surface area contributed by atoms with E-state index in [-0.39, 0.29) is 18.1 Å². The van der Waals surface area contributed by atoms with E-state index in [1.165, 1.54) is 0 Å². The van der Waals surface area contributed by atoms with Crippen molar-refractivity contribution in [2.45, 2.75) is 26.0 Å². The van der Waals surface area contributed by atoms with Crippen LogP contribution in [0.15, 0.2) is 42.6 Å². The summed E-state index contributed by atoms with van der Waals surface area (Å²) in [5.41, 5.74) is 1.11. The van der Waals surface area contributed by atoms with Gasteiger partial charge in [0.15, 0.2) is 0 Å². The van der Waals surface area contributed by atoms with Gasteiger partial charge in [-0.25, -0.2) is 4.98 Å². The number of nitrogens with zero attached hydrogens (tertiary/aromatic N) is 2. The van der Waals surface area contributed by atoms with Crippen LogP contribution in [0.2, 0.25) is 0 Å². The lowest BCUT2D eigenvalue weighted by Crippen LogP contribution is -2.47. The van der Waals surface area contributed by atoms with Crippen LogP contribution in [0.1, 0.15) is 28.5 Å². The van der Waals surface area contributed by atoms with E-state index in [9.17, 15) is 4.79 Å². The van der Waals surface area contributed by atoms with Crippen molar-refractivity contribution in [3.63, 3.8) is 0 Å². The van der Waals surface area contributed by atoms with Gasteiger partial charge in [-0.1, -0.05) is 30.3 Å². The van der Waals surface area contributed by atoms with Gasteiger partial charge in [-0.05, 0) is 25.5 Å². The maximum absolute atomic E-state index is 12.5. The summed E-state index contributed by atoms with van der Waals surface area (Å²) in [5, 5.41) is 1.00. The lowest BCUT2D eigenvalue weighted by Gasteiger charge is -2.37. The van der Waals surface area contributed by atoms with Crippen LogP contribution in [0.25, 0.3) is 6.08 Å². The number of aromatic nitrogens is 1. The van der Waals surface area contributed by atoms with E-state index >= 15 is 0 Å².